The lowest BCUT2D eigenvalue weighted by Crippen LogP contribution is -2.13. The number of aromatic nitrogens is 2. The number of nitrogens with zero attached hydrogens (tertiary/aromatic N) is 1. The molecule has 96 valence electrons. The van der Waals surface area contributed by atoms with Gasteiger partial charge in [0.15, 0.2) is 0 Å². The Bertz CT molecular complexity index is 476. The van der Waals surface area contributed by atoms with Gasteiger partial charge in [-0.3, -0.25) is 0 Å². The van der Waals surface area contributed by atoms with Gasteiger partial charge < -0.3 is 10.3 Å². The average molecular weight is 261 g/mol. The van der Waals surface area contributed by atoms with Crippen molar-refractivity contribution in [1.29, 1.82) is 0 Å². The average Bonchev–Trinajstić information content (AvgIpc) is 2.88. The first-order valence-electron chi connectivity index (χ1n) is 6.22. The minimum atomic E-state index is 0.851. The molecule has 0 unspecified atom stereocenters. The molecule has 2 rings (SSSR count). The van der Waals surface area contributed by atoms with Crippen molar-refractivity contribution in [1.82, 2.24) is 15.3 Å². The quantitative estimate of drug-likeness (QED) is 0.619. The Kier molecular flexibility index (Phi) is 4.84. The number of thioether (sulfide) groups is 1. The zero-order chi connectivity index (χ0) is 12.8. The summed E-state index contributed by atoms with van der Waals surface area (Å²) in [5.74, 6) is 0.941. The Morgan fingerprint density at radius 2 is 2.06 bits per heavy atom. The van der Waals surface area contributed by atoms with Crippen LogP contribution in [0.4, 0.5) is 0 Å². The minimum absolute atomic E-state index is 0.851. The summed E-state index contributed by atoms with van der Waals surface area (Å²) in [6.45, 7) is 4.05. The molecule has 0 amide bonds. The van der Waals surface area contributed by atoms with Crippen molar-refractivity contribution in [3.05, 3.63) is 36.2 Å². The molecular weight excluding hydrogens is 242 g/mol. The van der Waals surface area contributed by atoms with Crippen LogP contribution in [0.25, 0.3) is 11.4 Å². The monoisotopic (exact) mass is 261 g/mol. The van der Waals surface area contributed by atoms with Crippen LogP contribution in [0.15, 0.2) is 35.4 Å². The van der Waals surface area contributed by atoms with Crippen molar-refractivity contribution < 1.29 is 0 Å². The van der Waals surface area contributed by atoms with E-state index in [9.17, 15) is 0 Å². The number of aromatic amines is 1. The Labute approximate surface area is 112 Å². The summed E-state index contributed by atoms with van der Waals surface area (Å²) in [6.07, 6.45) is 5.14. The third-order valence-corrected chi connectivity index (χ3v) is 3.48. The molecule has 2 N–H and O–H groups in total. The van der Waals surface area contributed by atoms with Crippen LogP contribution < -0.4 is 5.32 Å². The summed E-state index contributed by atoms with van der Waals surface area (Å²) in [5.41, 5.74) is 2.27. The van der Waals surface area contributed by atoms with Gasteiger partial charge in [-0.1, -0.05) is 19.1 Å². The number of nitrogens with one attached hydrogen (secondary N) is 2. The van der Waals surface area contributed by atoms with Crippen LogP contribution in [-0.2, 0) is 6.54 Å². The third-order valence-electron chi connectivity index (χ3n) is 2.73. The molecule has 0 atom stereocenters. The van der Waals surface area contributed by atoms with Crippen LogP contribution in [0.3, 0.4) is 0 Å². The van der Waals surface area contributed by atoms with Crippen LogP contribution >= 0.6 is 11.8 Å². The molecule has 1 heterocycles. The van der Waals surface area contributed by atoms with Crippen molar-refractivity contribution in [3.63, 3.8) is 0 Å². The molecule has 0 spiro atoms. The Morgan fingerprint density at radius 3 is 2.72 bits per heavy atom. The fraction of sp³-hybridized carbons (Fsp3) is 0.357. The third kappa shape index (κ3) is 3.37. The van der Waals surface area contributed by atoms with Gasteiger partial charge in [0.25, 0.3) is 0 Å². The van der Waals surface area contributed by atoms with Gasteiger partial charge in [0.1, 0.15) is 5.82 Å². The number of benzene rings is 1. The number of rotatable bonds is 6. The van der Waals surface area contributed by atoms with Crippen molar-refractivity contribution in [2.75, 3.05) is 12.8 Å². The molecular formula is C14H19N3S. The zero-order valence-electron chi connectivity index (χ0n) is 10.9. The van der Waals surface area contributed by atoms with Crippen molar-refractivity contribution >= 4 is 11.8 Å². The van der Waals surface area contributed by atoms with Crippen LogP contribution in [0.5, 0.6) is 0 Å². The molecule has 0 fully saturated rings. The second kappa shape index (κ2) is 6.61. The fourth-order valence-electron chi connectivity index (χ4n) is 1.74. The number of H-pyrrole nitrogens is 1. The molecule has 0 aliphatic carbocycles. The first-order chi connectivity index (χ1) is 8.83. The second-order valence-corrected chi connectivity index (χ2v) is 5.04. The highest BCUT2D eigenvalue weighted by molar-refractivity contribution is 7.98. The van der Waals surface area contributed by atoms with Gasteiger partial charge in [-0.25, -0.2) is 4.98 Å². The smallest absolute Gasteiger partial charge is 0.137 e. The normalized spacial score (nSPS) is 10.8. The van der Waals surface area contributed by atoms with Crippen LogP contribution in [0.2, 0.25) is 0 Å². The maximum absolute atomic E-state index is 4.42. The van der Waals surface area contributed by atoms with Gasteiger partial charge in [-0.05, 0) is 31.4 Å². The van der Waals surface area contributed by atoms with E-state index in [1.165, 1.54) is 4.90 Å². The predicted octanol–water partition coefficient (Wildman–Crippen LogP) is 3.30. The topological polar surface area (TPSA) is 40.7 Å². The summed E-state index contributed by atoms with van der Waals surface area (Å²) in [4.78, 5) is 9.04. The summed E-state index contributed by atoms with van der Waals surface area (Å²) in [7, 11) is 0. The van der Waals surface area contributed by atoms with E-state index in [1.54, 1.807) is 11.8 Å². The van der Waals surface area contributed by atoms with Crippen LogP contribution in [0.1, 0.15) is 19.0 Å². The van der Waals surface area contributed by atoms with Crippen LogP contribution in [0, 0.1) is 0 Å². The number of hydrogen-bond acceptors (Lipinski definition) is 3. The molecule has 18 heavy (non-hydrogen) atoms. The highest BCUT2D eigenvalue weighted by atomic mass is 32.2. The zero-order valence-corrected chi connectivity index (χ0v) is 11.7. The van der Waals surface area contributed by atoms with Gasteiger partial charge >= 0.3 is 0 Å². The molecule has 1 aromatic heterocycles. The molecule has 4 heteroatoms. The largest absolute Gasteiger partial charge is 0.341 e. The SMILES string of the molecule is CCCNCc1cnc(-c2ccc(SC)cc2)[nH]1. The molecule has 2 aromatic rings. The summed E-state index contributed by atoms with van der Waals surface area (Å²) in [5, 5.41) is 3.36. The van der Waals surface area contributed by atoms with E-state index in [0.29, 0.717) is 0 Å². The van der Waals surface area contributed by atoms with E-state index in [1.807, 2.05) is 6.20 Å². The van der Waals surface area contributed by atoms with Gasteiger partial charge in [0.2, 0.25) is 0 Å². The Hall–Kier alpha value is -1.26. The Balaban J connectivity index is 2.04. The van der Waals surface area contributed by atoms with E-state index in [-0.39, 0.29) is 0 Å². The number of hydrogen-bond donors (Lipinski definition) is 2. The summed E-state index contributed by atoms with van der Waals surface area (Å²) in [6, 6.07) is 8.46. The standard InChI is InChI=1S/C14H19N3S/c1-3-8-15-9-12-10-16-14(17-12)11-4-6-13(18-2)7-5-11/h4-7,10,15H,3,8-9H2,1-2H3,(H,16,17). The second-order valence-electron chi connectivity index (χ2n) is 4.16. The molecule has 0 aliphatic heterocycles. The van der Waals surface area contributed by atoms with Crippen molar-refractivity contribution in [2.24, 2.45) is 0 Å². The van der Waals surface area contributed by atoms with E-state index in [2.05, 4.69) is 52.7 Å². The van der Waals surface area contributed by atoms with Gasteiger partial charge in [0.05, 0.1) is 0 Å². The summed E-state index contributed by atoms with van der Waals surface area (Å²) >= 11 is 1.75. The molecule has 0 bridgehead atoms. The molecule has 0 radical (unpaired) electrons. The van der Waals surface area contributed by atoms with E-state index in [4.69, 9.17) is 0 Å². The molecule has 0 aliphatic rings. The van der Waals surface area contributed by atoms with E-state index < -0.39 is 0 Å². The first-order valence-corrected chi connectivity index (χ1v) is 7.45. The maximum Gasteiger partial charge on any atom is 0.137 e. The van der Waals surface area contributed by atoms with Crippen molar-refractivity contribution in [3.8, 4) is 11.4 Å². The number of imidazole rings is 1. The highest BCUT2D eigenvalue weighted by Gasteiger charge is 2.03. The van der Waals surface area contributed by atoms with E-state index in [0.717, 1.165) is 36.6 Å². The van der Waals surface area contributed by atoms with Gasteiger partial charge in [-0.2, -0.15) is 0 Å². The fourth-order valence-corrected chi connectivity index (χ4v) is 2.15. The predicted molar refractivity (Wildman–Crippen MR) is 77.8 cm³/mol. The maximum atomic E-state index is 4.42. The minimum Gasteiger partial charge on any atom is -0.341 e. The molecule has 1 aromatic carbocycles. The molecule has 0 saturated carbocycles. The highest BCUT2D eigenvalue weighted by Crippen LogP contribution is 2.20. The van der Waals surface area contributed by atoms with Crippen LogP contribution in [-0.4, -0.2) is 22.8 Å². The lowest BCUT2D eigenvalue weighted by atomic mass is 10.2. The van der Waals surface area contributed by atoms with E-state index >= 15 is 0 Å². The Morgan fingerprint density at radius 1 is 1.28 bits per heavy atom. The lowest BCUT2D eigenvalue weighted by molar-refractivity contribution is 0.667. The summed E-state index contributed by atoms with van der Waals surface area (Å²) < 4.78 is 0. The first kappa shape index (κ1) is 13.2. The van der Waals surface area contributed by atoms with Gasteiger partial charge in [-0.15, -0.1) is 11.8 Å². The van der Waals surface area contributed by atoms with Gasteiger partial charge in [0, 0.05) is 28.9 Å². The van der Waals surface area contributed by atoms with Crippen molar-refractivity contribution in [2.45, 2.75) is 24.8 Å². The molecule has 0 saturated heterocycles. The molecule has 3 nitrogen and oxygen atoms in total. The lowest BCUT2D eigenvalue weighted by Gasteiger charge is -2.00.